The molecule has 8 nitrogen and oxygen atoms in total. The molecule has 1 unspecified atom stereocenters. The second-order valence-electron chi connectivity index (χ2n) is 7.14. The topological polar surface area (TPSA) is 70.9 Å². The van der Waals surface area contributed by atoms with Crippen molar-refractivity contribution < 1.29 is 14.3 Å². The maximum absolute atomic E-state index is 12.7. The van der Waals surface area contributed by atoms with Gasteiger partial charge < -0.3 is 24.0 Å². The van der Waals surface area contributed by atoms with E-state index in [4.69, 9.17) is 4.74 Å². The molecule has 0 N–H and O–H groups in total. The van der Waals surface area contributed by atoms with E-state index in [2.05, 4.69) is 4.98 Å². The number of aromatic nitrogens is 2. The molecule has 1 aromatic rings. The quantitative estimate of drug-likeness (QED) is 0.788. The van der Waals surface area contributed by atoms with Crippen LogP contribution in [-0.4, -0.2) is 81.6 Å². The zero-order valence-electron chi connectivity index (χ0n) is 14.6. The highest BCUT2D eigenvalue weighted by Gasteiger charge is 2.42. The number of hydrogen-bond donors (Lipinski definition) is 0. The second kappa shape index (κ2) is 6.67. The van der Waals surface area contributed by atoms with E-state index in [0.29, 0.717) is 45.9 Å². The summed E-state index contributed by atoms with van der Waals surface area (Å²) in [6.07, 6.45) is 5.26. The van der Waals surface area contributed by atoms with Crippen molar-refractivity contribution in [2.24, 2.45) is 13.0 Å². The van der Waals surface area contributed by atoms with Gasteiger partial charge in [-0.1, -0.05) is 0 Å². The van der Waals surface area contributed by atoms with E-state index in [1.54, 1.807) is 6.20 Å². The molecule has 0 spiro atoms. The molecule has 0 aromatic carbocycles. The number of hydrogen-bond acceptors (Lipinski definition) is 4. The maximum Gasteiger partial charge on any atom is 0.320 e. The largest absolute Gasteiger partial charge is 0.381 e. The monoisotopic (exact) mass is 347 g/mol. The molecular formula is C17H25N5O3. The molecular weight excluding hydrogens is 322 g/mol. The van der Waals surface area contributed by atoms with Gasteiger partial charge >= 0.3 is 6.03 Å². The summed E-state index contributed by atoms with van der Waals surface area (Å²) in [6, 6.07) is 0.150. The molecule has 1 aromatic heterocycles. The highest BCUT2D eigenvalue weighted by atomic mass is 16.5. The van der Waals surface area contributed by atoms with Gasteiger partial charge in [0.05, 0.1) is 12.6 Å². The minimum atomic E-state index is 0.0613. The smallest absolute Gasteiger partial charge is 0.320 e. The molecule has 3 aliphatic rings. The molecule has 4 rings (SSSR count). The molecule has 0 radical (unpaired) electrons. The Balaban J connectivity index is 1.39. The molecule has 0 aliphatic carbocycles. The van der Waals surface area contributed by atoms with Gasteiger partial charge in [-0.05, 0) is 12.8 Å². The Kier molecular flexibility index (Phi) is 4.37. The third kappa shape index (κ3) is 3.10. The molecule has 0 bridgehead atoms. The first-order chi connectivity index (χ1) is 12.1. The number of urea groups is 1. The third-order valence-corrected chi connectivity index (χ3v) is 5.57. The average Bonchev–Trinajstić information content (AvgIpc) is 3.18. The van der Waals surface area contributed by atoms with Crippen LogP contribution < -0.4 is 0 Å². The Bertz CT molecular complexity index is 654. The third-order valence-electron chi connectivity index (χ3n) is 5.57. The van der Waals surface area contributed by atoms with Gasteiger partial charge in [-0.3, -0.25) is 4.79 Å². The van der Waals surface area contributed by atoms with Crippen LogP contribution in [0.3, 0.4) is 0 Å². The first-order valence-electron chi connectivity index (χ1n) is 9.02. The van der Waals surface area contributed by atoms with E-state index in [-0.39, 0.29) is 23.9 Å². The number of carbonyl (C=O) groups is 2. The Morgan fingerprint density at radius 3 is 2.80 bits per heavy atom. The lowest BCUT2D eigenvalue weighted by atomic mass is 9.98. The average molecular weight is 347 g/mol. The molecule has 8 heteroatoms. The first kappa shape index (κ1) is 16.4. The van der Waals surface area contributed by atoms with Crippen molar-refractivity contribution in [2.75, 3.05) is 39.4 Å². The van der Waals surface area contributed by atoms with E-state index in [9.17, 15) is 9.59 Å². The Labute approximate surface area is 147 Å². The number of aryl methyl sites for hydroxylation is 1. The first-order valence-corrected chi connectivity index (χ1v) is 9.02. The standard InChI is InChI=1S/C17H25N5O3/c1-19-5-4-18-15(19)12-21-11-14-10-20(6-7-22(14)17(21)24)16(23)13-2-8-25-9-3-13/h4-5,13-14H,2-3,6-12H2,1H3. The number of nitrogens with zero attached hydrogens (tertiary/aromatic N) is 5. The summed E-state index contributed by atoms with van der Waals surface area (Å²) in [5.41, 5.74) is 0. The zero-order valence-corrected chi connectivity index (χ0v) is 14.6. The van der Waals surface area contributed by atoms with E-state index in [1.807, 2.05) is 32.5 Å². The molecule has 25 heavy (non-hydrogen) atoms. The van der Waals surface area contributed by atoms with Crippen molar-refractivity contribution in [3.05, 3.63) is 18.2 Å². The van der Waals surface area contributed by atoms with Crippen molar-refractivity contribution >= 4 is 11.9 Å². The minimum absolute atomic E-state index is 0.0613. The number of imidazole rings is 1. The predicted octanol–water partition coefficient (Wildman–Crippen LogP) is 0.295. The Morgan fingerprint density at radius 2 is 2.08 bits per heavy atom. The lowest BCUT2D eigenvalue weighted by molar-refractivity contribution is -0.140. The van der Waals surface area contributed by atoms with Gasteiger partial charge in [0.2, 0.25) is 5.91 Å². The number of rotatable bonds is 3. The summed E-state index contributed by atoms with van der Waals surface area (Å²) in [7, 11) is 1.94. The molecule has 3 aliphatic heterocycles. The van der Waals surface area contributed by atoms with Crippen molar-refractivity contribution in [1.82, 2.24) is 24.3 Å². The zero-order chi connectivity index (χ0) is 17.4. The fourth-order valence-corrected chi connectivity index (χ4v) is 4.03. The van der Waals surface area contributed by atoms with E-state index in [0.717, 1.165) is 18.7 Å². The fraction of sp³-hybridized carbons (Fsp3) is 0.706. The number of piperazine rings is 1. The van der Waals surface area contributed by atoms with Crippen LogP contribution in [0.5, 0.6) is 0 Å². The highest BCUT2D eigenvalue weighted by Crippen LogP contribution is 2.25. The molecule has 1 atom stereocenters. The van der Waals surface area contributed by atoms with Crippen LogP contribution in [0.2, 0.25) is 0 Å². The summed E-state index contributed by atoms with van der Waals surface area (Å²) in [4.78, 5) is 35.4. The molecule has 3 amide bonds. The second-order valence-corrected chi connectivity index (χ2v) is 7.14. The predicted molar refractivity (Wildman–Crippen MR) is 89.6 cm³/mol. The molecule has 3 saturated heterocycles. The maximum atomic E-state index is 12.7. The molecule has 4 heterocycles. The highest BCUT2D eigenvalue weighted by molar-refractivity contribution is 5.81. The summed E-state index contributed by atoms with van der Waals surface area (Å²) < 4.78 is 7.29. The van der Waals surface area contributed by atoms with Crippen molar-refractivity contribution in [2.45, 2.75) is 25.4 Å². The number of fused-ring (bicyclic) bond motifs is 1. The summed E-state index contributed by atoms with van der Waals surface area (Å²) in [5, 5.41) is 0. The number of carbonyl (C=O) groups excluding carboxylic acids is 2. The normalized spacial score (nSPS) is 24.8. The van der Waals surface area contributed by atoms with Crippen LogP contribution >= 0.6 is 0 Å². The van der Waals surface area contributed by atoms with Crippen LogP contribution in [0, 0.1) is 5.92 Å². The van der Waals surface area contributed by atoms with Gasteiger partial charge in [0.1, 0.15) is 5.82 Å². The van der Waals surface area contributed by atoms with E-state index in [1.165, 1.54) is 0 Å². The summed E-state index contributed by atoms with van der Waals surface area (Å²) in [6.45, 7) is 4.42. The fourth-order valence-electron chi connectivity index (χ4n) is 4.03. The SMILES string of the molecule is Cn1ccnc1CN1CC2CN(C(=O)C3CCOCC3)CCN2C1=O. The van der Waals surface area contributed by atoms with Gasteiger partial charge in [-0.25, -0.2) is 9.78 Å². The van der Waals surface area contributed by atoms with Crippen molar-refractivity contribution in [1.29, 1.82) is 0 Å². The van der Waals surface area contributed by atoms with Gasteiger partial charge in [0, 0.05) is 64.8 Å². The number of ether oxygens (including phenoxy) is 1. The Morgan fingerprint density at radius 1 is 1.28 bits per heavy atom. The van der Waals surface area contributed by atoms with Crippen molar-refractivity contribution in [3.63, 3.8) is 0 Å². The van der Waals surface area contributed by atoms with Crippen LogP contribution in [-0.2, 0) is 23.1 Å². The molecule has 136 valence electrons. The van der Waals surface area contributed by atoms with Gasteiger partial charge in [-0.2, -0.15) is 0 Å². The van der Waals surface area contributed by atoms with Crippen LogP contribution in [0.4, 0.5) is 4.79 Å². The van der Waals surface area contributed by atoms with Crippen LogP contribution in [0.1, 0.15) is 18.7 Å². The molecule has 3 fully saturated rings. The van der Waals surface area contributed by atoms with E-state index < -0.39 is 0 Å². The minimum Gasteiger partial charge on any atom is -0.381 e. The van der Waals surface area contributed by atoms with Crippen LogP contribution in [0.15, 0.2) is 12.4 Å². The van der Waals surface area contributed by atoms with Gasteiger partial charge in [-0.15, -0.1) is 0 Å². The summed E-state index contributed by atoms with van der Waals surface area (Å²) in [5.74, 6) is 1.20. The number of amides is 3. The van der Waals surface area contributed by atoms with E-state index >= 15 is 0 Å². The lowest BCUT2D eigenvalue weighted by Gasteiger charge is -2.38. The Hall–Kier alpha value is -2.09. The van der Waals surface area contributed by atoms with Gasteiger partial charge in [0.25, 0.3) is 0 Å². The molecule has 0 saturated carbocycles. The van der Waals surface area contributed by atoms with Crippen LogP contribution in [0.25, 0.3) is 0 Å². The lowest BCUT2D eigenvalue weighted by Crippen LogP contribution is -2.55. The van der Waals surface area contributed by atoms with Crippen molar-refractivity contribution in [3.8, 4) is 0 Å². The van der Waals surface area contributed by atoms with Gasteiger partial charge in [0.15, 0.2) is 0 Å². The summed E-state index contributed by atoms with van der Waals surface area (Å²) >= 11 is 0.